The van der Waals surface area contributed by atoms with Crippen LogP contribution in [-0.2, 0) is 0 Å². The molecule has 0 atom stereocenters. The Morgan fingerprint density at radius 2 is 2.10 bits per heavy atom. The number of nitrogens with zero attached hydrogens (tertiary/aromatic N) is 2. The summed E-state index contributed by atoms with van der Waals surface area (Å²) >= 11 is 1.28. The first kappa shape index (κ1) is 15.6. The van der Waals surface area contributed by atoms with Crippen LogP contribution in [0.4, 0.5) is 0 Å². The maximum absolute atomic E-state index is 12.3. The first-order valence-corrected chi connectivity index (χ1v) is 7.79. The lowest BCUT2D eigenvalue weighted by atomic mass is 10.0. The van der Waals surface area contributed by atoms with Crippen molar-refractivity contribution in [3.63, 3.8) is 0 Å². The molecule has 0 saturated heterocycles. The van der Waals surface area contributed by atoms with Crippen LogP contribution in [0.3, 0.4) is 0 Å². The molecule has 21 heavy (non-hydrogen) atoms. The lowest BCUT2D eigenvalue weighted by Gasteiger charge is -2.09. The number of rotatable bonds is 5. The minimum absolute atomic E-state index is 0.00923. The number of H-pyrrole nitrogens is 1. The molecule has 1 heterocycles. The molecule has 2 rings (SSSR count). The number of aromatic amines is 1. The molecule has 0 unspecified atom stereocenters. The number of benzene rings is 1. The van der Waals surface area contributed by atoms with Gasteiger partial charge in [0.25, 0.3) is 0 Å². The molecule has 0 aliphatic rings. The summed E-state index contributed by atoms with van der Waals surface area (Å²) in [7, 11) is 0. The van der Waals surface area contributed by atoms with Gasteiger partial charge in [0.1, 0.15) is 0 Å². The Hall–Kier alpha value is -1.82. The third-order valence-corrected chi connectivity index (χ3v) is 4.16. The van der Waals surface area contributed by atoms with E-state index in [9.17, 15) is 9.59 Å². The maximum Gasteiger partial charge on any atom is 0.344 e. The largest absolute Gasteiger partial charge is 0.344 e. The van der Waals surface area contributed by atoms with E-state index in [1.807, 2.05) is 45.9 Å². The van der Waals surface area contributed by atoms with Gasteiger partial charge in [-0.25, -0.2) is 9.89 Å². The molecule has 6 heteroatoms. The molecule has 0 fully saturated rings. The first-order valence-electron chi connectivity index (χ1n) is 6.80. The fraction of sp³-hybridized carbons (Fsp3) is 0.400. The Morgan fingerprint density at radius 3 is 2.71 bits per heavy atom. The highest BCUT2D eigenvalue weighted by molar-refractivity contribution is 7.99. The van der Waals surface area contributed by atoms with Gasteiger partial charge in [-0.05, 0) is 33.3 Å². The Morgan fingerprint density at radius 1 is 1.38 bits per heavy atom. The highest BCUT2D eigenvalue weighted by Gasteiger charge is 2.15. The molecule has 1 aromatic carbocycles. The number of hydrogen-bond donors (Lipinski definition) is 1. The van der Waals surface area contributed by atoms with Crippen molar-refractivity contribution in [3.8, 4) is 0 Å². The lowest BCUT2D eigenvalue weighted by Crippen LogP contribution is -2.19. The number of ketones is 1. The van der Waals surface area contributed by atoms with Crippen LogP contribution in [0, 0.1) is 13.8 Å². The second-order valence-electron chi connectivity index (χ2n) is 5.31. The second-order valence-corrected chi connectivity index (χ2v) is 6.25. The van der Waals surface area contributed by atoms with E-state index >= 15 is 0 Å². The summed E-state index contributed by atoms with van der Waals surface area (Å²) in [6, 6.07) is 5.79. The minimum atomic E-state index is -0.244. The lowest BCUT2D eigenvalue weighted by molar-refractivity contribution is 0.102. The zero-order valence-electron chi connectivity index (χ0n) is 12.6. The summed E-state index contributed by atoms with van der Waals surface area (Å²) in [6.07, 6.45) is 0. The van der Waals surface area contributed by atoms with Crippen molar-refractivity contribution in [2.75, 3.05) is 5.75 Å². The molecule has 0 aliphatic heterocycles. The van der Waals surface area contributed by atoms with E-state index < -0.39 is 0 Å². The SMILES string of the molecule is Cc1ccc(C(=O)CSc2n[nH]c(=O)n2C(C)C)c(C)c1. The van der Waals surface area contributed by atoms with Gasteiger partial charge in [-0.15, -0.1) is 5.10 Å². The van der Waals surface area contributed by atoms with Crippen LogP contribution in [0.1, 0.15) is 41.4 Å². The quantitative estimate of drug-likeness (QED) is 0.681. The van der Waals surface area contributed by atoms with E-state index in [-0.39, 0.29) is 23.3 Å². The van der Waals surface area contributed by atoms with Gasteiger partial charge in [0.05, 0.1) is 5.75 Å². The number of nitrogens with one attached hydrogen (secondary N) is 1. The van der Waals surface area contributed by atoms with Crippen molar-refractivity contribution in [1.29, 1.82) is 0 Å². The van der Waals surface area contributed by atoms with E-state index in [1.165, 1.54) is 11.8 Å². The van der Waals surface area contributed by atoms with Gasteiger partial charge < -0.3 is 0 Å². The van der Waals surface area contributed by atoms with Crippen molar-refractivity contribution < 1.29 is 4.79 Å². The third-order valence-electron chi connectivity index (χ3n) is 3.20. The van der Waals surface area contributed by atoms with Gasteiger partial charge in [0.2, 0.25) is 0 Å². The molecule has 1 N–H and O–H groups in total. The Bertz CT molecular complexity index is 716. The highest BCUT2D eigenvalue weighted by atomic mass is 32.2. The van der Waals surface area contributed by atoms with E-state index in [4.69, 9.17) is 0 Å². The number of hydrogen-bond acceptors (Lipinski definition) is 4. The summed E-state index contributed by atoms with van der Waals surface area (Å²) < 4.78 is 1.56. The van der Waals surface area contributed by atoms with E-state index in [0.717, 1.165) is 16.7 Å². The summed E-state index contributed by atoms with van der Waals surface area (Å²) in [4.78, 5) is 23.9. The molecular formula is C15H19N3O2S. The smallest absolute Gasteiger partial charge is 0.293 e. The van der Waals surface area contributed by atoms with Gasteiger partial charge in [-0.3, -0.25) is 9.36 Å². The molecule has 0 bridgehead atoms. The minimum Gasteiger partial charge on any atom is -0.293 e. The first-order chi connectivity index (χ1) is 9.90. The molecular weight excluding hydrogens is 286 g/mol. The zero-order valence-corrected chi connectivity index (χ0v) is 13.5. The number of carbonyl (C=O) groups excluding carboxylic acids is 1. The van der Waals surface area contributed by atoms with Crippen molar-refractivity contribution >= 4 is 17.5 Å². The van der Waals surface area contributed by atoms with E-state index in [1.54, 1.807) is 4.57 Å². The van der Waals surface area contributed by atoms with Crippen LogP contribution < -0.4 is 5.69 Å². The fourth-order valence-corrected chi connectivity index (χ4v) is 3.14. The fourth-order valence-electron chi connectivity index (χ4n) is 2.18. The van der Waals surface area contributed by atoms with Crippen LogP contribution in [0.2, 0.25) is 0 Å². The summed E-state index contributed by atoms with van der Waals surface area (Å²) in [6.45, 7) is 7.75. The highest BCUT2D eigenvalue weighted by Crippen LogP contribution is 2.20. The molecule has 2 aromatic rings. The number of Topliss-reactive ketones (excluding diaryl/α,β-unsaturated/α-hetero) is 1. The zero-order chi connectivity index (χ0) is 15.6. The van der Waals surface area contributed by atoms with Crippen molar-refractivity contribution in [2.45, 2.75) is 38.9 Å². The monoisotopic (exact) mass is 305 g/mol. The topological polar surface area (TPSA) is 67.8 Å². The predicted octanol–water partition coefficient (Wildman–Crippen LogP) is 2.74. The standard InChI is InChI=1S/C15H19N3O2S/c1-9(2)18-14(20)16-17-15(18)21-8-13(19)12-6-5-10(3)7-11(12)4/h5-7,9H,8H2,1-4H3,(H,16,20). The van der Waals surface area contributed by atoms with Crippen LogP contribution in [0.5, 0.6) is 0 Å². The molecule has 0 radical (unpaired) electrons. The predicted molar refractivity (Wildman–Crippen MR) is 84.2 cm³/mol. The summed E-state index contributed by atoms with van der Waals surface area (Å²) in [5, 5.41) is 6.95. The van der Waals surface area contributed by atoms with Crippen molar-refractivity contribution in [2.24, 2.45) is 0 Å². The average molecular weight is 305 g/mol. The van der Waals surface area contributed by atoms with Gasteiger partial charge in [-0.1, -0.05) is 35.5 Å². The van der Waals surface area contributed by atoms with E-state index in [2.05, 4.69) is 10.2 Å². The van der Waals surface area contributed by atoms with Gasteiger partial charge in [0, 0.05) is 11.6 Å². The molecule has 112 valence electrons. The van der Waals surface area contributed by atoms with Crippen LogP contribution >= 0.6 is 11.8 Å². The average Bonchev–Trinajstić information content (AvgIpc) is 2.77. The Labute approximate surface area is 127 Å². The van der Waals surface area contributed by atoms with Crippen molar-refractivity contribution in [1.82, 2.24) is 14.8 Å². The third kappa shape index (κ3) is 3.44. The summed E-state index contributed by atoms with van der Waals surface area (Å²) in [5.74, 6) is 0.309. The Balaban J connectivity index is 2.13. The van der Waals surface area contributed by atoms with Gasteiger partial charge in [-0.2, -0.15) is 0 Å². The number of thioether (sulfide) groups is 1. The molecule has 0 spiro atoms. The van der Waals surface area contributed by atoms with Crippen molar-refractivity contribution in [3.05, 3.63) is 45.4 Å². The number of aromatic nitrogens is 3. The molecule has 0 saturated carbocycles. The molecule has 0 amide bonds. The number of aryl methyl sites for hydroxylation is 2. The van der Waals surface area contributed by atoms with Gasteiger partial charge >= 0.3 is 5.69 Å². The molecule has 1 aromatic heterocycles. The second kappa shape index (κ2) is 6.30. The van der Waals surface area contributed by atoms with Crippen LogP contribution in [0.25, 0.3) is 0 Å². The molecule has 0 aliphatic carbocycles. The van der Waals surface area contributed by atoms with E-state index in [0.29, 0.717) is 5.16 Å². The normalized spacial score (nSPS) is 11.1. The summed E-state index contributed by atoms with van der Waals surface area (Å²) in [5.41, 5.74) is 2.59. The molecule has 5 nitrogen and oxygen atoms in total. The van der Waals surface area contributed by atoms with Crippen LogP contribution in [0.15, 0.2) is 28.2 Å². The number of carbonyl (C=O) groups is 1. The van der Waals surface area contributed by atoms with Gasteiger partial charge in [0.15, 0.2) is 10.9 Å². The van der Waals surface area contributed by atoms with Crippen LogP contribution in [-0.4, -0.2) is 26.3 Å². The Kier molecular flexibility index (Phi) is 4.67. The maximum atomic E-state index is 12.3.